The second-order valence-corrected chi connectivity index (χ2v) is 9.14. The average Bonchev–Trinajstić information content (AvgIpc) is 3.41. The Labute approximate surface area is 206 Å². The number of fused-ring (bicyclic) bond motifs is 1. The number of carbonyl (C=O) groups excluding carboxylic acids is 1. The summed E-state index contributed by atoms with van der Waals surface area (Å²) < 4.78 is 41.3. The van der Waals surface area contributed by atoms with Gasteiger partial charge in [0.15, 0.2) is 5.17 Å². The predicted molar refractivity (Wildman–Crippen MR) is 128 cm³/mol. The lowest BCUT2D eigenvalue weighted by atomic mass is 9.93. The van der Waals surface area contributed by atoms with Gasteiger partial charge in [0.05, 0.1) is 22.2 Å². The fourth-order valence-electron chi connectivity index (χ4n) is 3.61. The van der Waals surface area contributed by atoms with Crippen molar-refractivity contribution in [1.29, 1.82) is 0 Å². The molecule has 0 saturated heterocycles. The van der Waals surface area contributed by atoms with Gasteiger partial charge in [-0.1, -0.05) is 23.7 Å². The summed E-state index contributed by atoms with van der Waals surface area (Å²) in [5, 5.41) is 19.4. The van der Waals surface area contributed by atoms with Gasteiger partial charge >= 0.3 is 12.1 Å². The molecule has 0 saturated carbocycles. The van der Waals surface area contributed by atoms with Crippen LogP contribution in [0.2, 0.25) is 5.02 Å². The number of carbonyl (C=O) groups is 2. The number of nitrogens with one attached hydrogen (secondary N) is 2. The van der Waals surface area contributed by atoms with Crippen LogP contribution in [0, 0.1) is 0 Å². The number of aliphatic carboxylic acids is 1. The Bertz CT molecular complexity index is 1370. The van der Waals surface area contributed by atoms with Crippen molar-refractivity contribution in [1.82, 2.24) is 15.5 Å². The van der Waals surface area contributed by atoms with Crippen LogP contribution in [0.25, 0.3) is 16.5 Å². The molecular formula is C23H18ClF3N4O3S. The monoisotopic (exact) mass is 522 g/mol. The van der Waals surface area contributed by atoms with E-state index in [4.69, 9.17) is 16.7 Å². The molecule has 12 heteroatoms. The molecule has 182 valence electrons. The third-order valence-corrected chi connectivity index (χ3v) is 6.54. The molecule has 0 unspecified atom stereocenters. The number of nitrogens with zero attached hydrogens (tertiary/aromatic N) is 2. The zero-order chi connectivity index (χ0) is 25.2. The normalized spacial score (nSPS) is 15.4. The fourth-order valence-corrected chi connectivity index (χ4v) is 4.72. The van der Waals surface area contributed by atoms with Crippen molar-refractivity contribution in [2.75, 3.05) is 6.54 Å². The van der Waals surface area contributed by atoms with Gasteiger partial charge in [-0.15, -0.1) is 0 Å². The summed E-state index contributed by atoms with van der Waals surface area (Å²) in [6.45, 7) is 0.282. The number of amidine groups is 1. The molecule has 4 rings (SSSR count). The second-order valence-electron chi connectivity index (χ2n) is 7.70. The van der Waals surface area contributed by atoms with E-state index < -0.39 is 23.6 Å². The summed E-state index contributed by atoms with van der Waals surface area (Å²) in [5.74, 6) is -1.52. The van der Waals surface area contributed by atoms with Crippen LogP contribution in [0.4, 0.5) is 13.2 Å². The average molecular weight is 523 g/mol. The van der Waals surface area contributed by atoms with Crippen molar-refractivity contribution in [2.24, 2.45) is 4.99 Å². The van der Waals surface area contributed by atoms with Gasteiger partial charge in [0.25, 0.3) is 5.91 Å². The summed E-state index contributed by atoms with van der Waals surface area (Å²) in [7, 11) is 0. The van der Waals surface area contributed by atoms with Crippen LogP contribution < -0.4 is 5.32 Å². The van der Waals surface area contributed by atoms with Crippen molar-refractivity contribution >= 4 is 56.9 Å². The topological polar surface area (TPSA) is 107 Å². The maximum atomic E-state index is 13.8. The van der Waals surface area contributed by atoms with Crippen LogP contribution in [-0.4, -0.2) is 38.9 Å². The maximum Gasteiger partial charge on any atom is 0.416 e. The molecular weight excluding hydrogens is 505 g/mol. The molecule has 2 aromatic carbocycles. The molecule has 1 aliphatic rings. The molecule has 1 amide bonds. The molecule has 0 bridgehead atoms. The number of amides is 1. The van der Waals surface area contributed by atoms with Crippen molar-refractivity contribution in [3.63, 3.8) is 0 Å². The van der Waals surface area contributed by atoms with E-state index in [1.165, 1.54) is 12.1 Å². The van der Waals surface area contributed by atoms with E-state index in [2.05, 4.69) is 20.5 Å². The first kappa shape index (κ1) is 24.8. The Hall–Kier alpha value is -3.31. The maximum absolute atomic E-state index is 13.8. The highest BCUT2D eigenvalue weighted by atomic mass is 35.5. The number of benzene rings is 2. The van der Waals surface area contributed by atoms with Gasteiger partial charge < -0.3 is 10.4 Å². The van der Waals surface area contributed by atoms with Gasteiger partial charge in [-0.3, -0.25) is 14.7 Å². The Balaban J connectivity index is 1.72. The summed E-state index contributed by atoms with van der Waals surface area (Å²) in [6.07, 6.45) is -2.96. The number of alkyl halides is 3. The second kappa shape index (κ2) is 10.1. The first-order valence-electron chi connectivity index (χ1n) is 10.4. The van der Waals surface area contributed by atoms with Crippen molar-refractivity contribution in [2.45, 2.75) is 25.4 Å². The molecule has 1 aromatic heterocycles. The largest absolute Gasteiger partial charge is 0.481 e. The van der Waals surface area contributed by atoms with E-state index in [0.717, 1.165) is 28.7 Å². The highest BCUT2D eigenvalue weighted by Gasteiger charge is 2.35. The first-order valence-corrected chi connectivity index (χ1v) is 11.6. The van der Waals surface area contributed by atoms with Crippen LogP contribution in [-0.2, 0) is 22.2 Å². The summed E-state index contributed by atoms with van der Waals surface area (Å²) in [6, 6.07) is 8.74. The highest BCUT2D eigenvalue weighted by molar-refractivity contribution is 8.18. The number of aliphatic imine (C=N–C) groups is 1. The van der Waals surface area contributed by atoms with E-state index in [-0.39, 0.29) is 40.0 Å². The lowest BCUT2D eigenvalue weighted by Crippen LogP contribution is -2.20. The van der Waals surface area contributed by atoms with Crippen LogP contribution in [0.1, 0.15) is 29.5 Å². The number of aromatic amines is 1. The minimum absolute atomic E-state index is 0.0343. The molecule has 1 aliphatic heterocycles. The van der Waals surface area contributed by atoms with Crippen LogP contribution >= 0.6 is 23.4 Å². The molecule has 0 fully saturated rings. The minimum Gasteiger partial charge on any atom is -0.481 e. The van der Waals surface area contributed by atoms with Crippen LogP contribution in [0.15, 0.2) is 52.5 Å². The molecule has 7 nitrogen and oxygen atoms in total. The molecule has 2 heterocycles. The summed E-state index contributed by atoms with van der Waals surface area (Å²) in [5.41, 5.74) is 0.758. The number of allylic oxidation sites excluding steroid dienone is 1. The Kier molecular flexibility index (Phi) is 7.18. The molecule has 3 N–H and O–H groups in total. The SMILES string of the molecule is O=C(O)CCCNC1=NC(=O)C(=C(Cc2ccc(Cl)cc2C(F)(F)F)c2ccc3[nH]ncc3c2)S1. The number of thioether (sulfide) groups is 1. The number of H-pyrrole nitrogens is 1. The number of aromatic nitrogens is 2. The standard InChI is InChI=1S/C23H18ClF3N4O3S/c24-15-5-3-13(17(10-15)23(25,26)27)9-16(12-4-6-18-14(8-12)11-29-31-18)20-21(34)30-22(35-20)28-7-1-2-19(32)33/h3-6,8,10-11H,1-2,7,9H2,(H,29,31)(H,32,33)(H,28,30,34). The number of hydrogen-bond donors (Lipinski definition) is 3. The Morgan fingerprint density at radius 3 is 2.74 bits per heavy atom. The number of hydrogen-bond acceptors (Lipinski definition) is 5. The molecule has 0 aliphatic carbocycles. The van der Waals surface area contributed by atoms with Gasteiger partial charge in [-0.05, 0) is 65.6 Å². The van der Waals surface area contributed by atoms with Gasteiger partial charge in [0.2, 0.25) is 0 Å². The number of carboxylic acid groups (broad SMARTS) is 1. The molecule has 3 aromatic rings. The Morgan fingerprint density at radius 2 is 2.00 bits per heavy atom. The number of rotatable bonds is 7. The summed E-state index contributed by atoms with van der Waals surface area (Å²) >= 11 is 6.85. The predicted octanol–water partition coefficient (Wildman–Crippen LogP) is 5.27. The van der Waals surface area contributed by atoms with Crippen molar-refractivity contribution in [3.8, 4) is 0 Å². The molecule has 35 heavy (non-hydrogen) atoms. The van der Waals surface area contributed by atoms with Gasteiger partial charge in [-0.2, -0.15) is 23.3 Å². The van der Waals surface area contributed by atoms with Crippen LogP contribution in [0.3, 0.4) is 0 Å². The van der Waals surface area contributed by atoms with E-state index >= 15 is 0 Å². The number of halogens is 4. The summed E-state index contributed by atoms with van der Waals surface area (Å²) in [4.78, 5) is 27.7. The zero-order valence-electron chi connectivity index (χ0n) is 17.9. The Morgan fingerprint density at radius 1 is 1.20 bits per heavy atom. The van der Waals surface area contributed by atoms with Crippen molar-refractivity contribution < 1.29 is 27.9 Å². The quantitative estimate of drug-likeness (QED) is 0.288. The smallest absolute Gasteiger partial charge is 0.416 e. The lowest BCUT2D eigenvalue weighted by molar-refractivity contribution is -0.138. The third kappa shape index (κ3) is 5.85. The van der Waals surface area contributed by atoms with Gasteiger partial charge in [-0.25, -0.2) is 0 Å². The zero-order valence-corrected chi connectivity index (χ0v) is 19.5. The minimum atomic E-state index is -4.63. The van der Waals surface area contributed by atoms with E-state index in [0.29, 0.717) is 17.6 Å². The van der Waals surface area contributed by atoms with E-state index in [1.54, 1.807) is 24.4 Å². The van der Waals surface area contributed by atoms with E-state index in [9.17, 15) is 22.8 Å². The van der Waals surface area contributed by atoms with Crippen molar-refractivity contribution in [3.05, 3.63) is 69.2 Å². The lowest BCUT2D eigenvalue weighted by Gasteiger charge is -2.16. The molecule has 0 spiro atoms. The van der Waals surface area contributed by atoms with Gasteiger partial charge in [0, 0.05) is 23.4 Å². The van der Waals surface area contributed by atoms with E-state index in [1.807, 2.05) is 0 Å². The van der Waals surface area contributed by atoms with Crippen LogP contribution in [0.5, 0.6) is 0 Å². The van der Waals surface area contributed by atoms with Gasteiger partial charge in [0.1, 0.15) is 0 Å². The highest BCUT2D eigenvalue weighted by Crippen LogP contribution is 2.40. The first-order chi connectivity index (χ1) is 16.6. The fraction of sp³-hybridized carbons (Fsp3) is 0.217. The number of carboxylic acids is 1. The third-order valence-electron chi connectivity index (χ3n) is 5.25. The molecule has 0 radical (unpaired) electrons. The molecule has 0 atom stereocenters.